The SMILES string of the molecule is C/C=C1\CC(C)(C)CC(=O)C1(C)C. The molecule has 0 unspecified atom stereocenters. The Hall–Kier alpha value is -0.590. The fraction of sp³-hybridized carbons (Fsp3) is 0.750. The first-order valence-electron chi connectivity index (χ1n) is 4.98. The van der Waals surface area contributed by atoms with Crippen molar-refractivity contribution in [1.82, 2.24) is 0 Å². The Morgan fingerprint density at radius 3 is 2.15 bits per heavy atom. The van der Waals surface area contributed by atoms with Crippen LogP contribution in [0.5, 0.6) is 0 Å². The molecule has 0 aliphatic heterocycles. The molecule has 1 nitrogen and oxygen atoms in total. The van der Waals surface area contributed by atoms with Gasteiger partial charge in [-0.2, -0.15) is 0 Å². The molecular weight excluding hydrogens is 160 g/mol. The van der Waals surface area contributed by atoms with Gasteiger partial charge in [0.25, 0.3) is 0 Å². The number of hydrogen-bond acceptors (Lipinski definition) is 1. The Morgan fingerprint density at radius 1 is 1.15 bits per heavy atom. The van der Waals surface area contributed by atoms with Crippen molar-refractivity contribution >= 4 is 5.78 Å². The molecular formula is C12H20O. The molecule has 0 heterocycles. The maximum atomic E-state index is 11.9. The smallest absolute Gasteiger partial charge is 0.143 e. The van der Waals surface area contributed by atoms with Crippen LogP contribution in [0, 0.1) is 10.8 Å². The van der Waals surface area contributed by atoms with E-state index in [0.717, 1.165) is 12.8 Å². The highest BCUT2D eigenvalue weighted by Crippen LogP contribution is 2.45. The van der Waals surface area contributed by atoms with Crippen LogP contribution >= 0.6 is 0 Å². The molecule has 0 aromatic heterocycles. The van der Waals surface area contributed by atoms with Crippen molar-refractivity contribution in [2.75, 3.05) is 0 Å². The standard InChI is InChI=1S/C12H20O/c1-6-9-7-11(2,3)8-10(13)12(9,4)5/h6H,7-8H2,1-5H3/b9-6+. The van der Waals surface area contributed by atoms with Crippen LogP contribution in [0.15, 0.2) is 11.6 Å². The van der Waals surface area contributed by atoms with E-state index in [4.69, 9.17) is 0 Å². The zero-order valence-electron chi connectivity index (χ0n) is 9.40. The molecule has 1 heteroatoms. The van der Waals surface area contributed by atoms with Crippen molar-refractivity contribution in [2.24, 2.45) is 10.8 Å². The van der Waals surface area contributed by atoms with E-state index in [9.17, 15) is 4.79 Å². The quantitative estimate of drug-likeness (QED) is 0.522. The molecule has 0 aromatic carbocycles. The van der Waals surface area contributed by atoms with Gasteiger partial charge in [0, 0.05) is 11.8 Å². The molecule has 0 aromatic rings. The lowest BCUT2D eigenvalue weighted by Crippen LogP contribution is -2.38. The van der Waals surface area contributed by atoms with E-state index in [-0.39, 0.29) is 10.8 Å². The largest absolute Gasteiger partial charge is 0.299 e. The summed E-state index contributed by atoms with van der Waals surface area (Å²) in [5, 5.41) is 0. The summed E-state index contributed by atoms with van der Waals surface area (Å²) in [4.78, 5) is 11.9. The van der Waals surface area contributed by atoms with Crippen LogP contribution in [0.1, 0.15) is 47.5 Å². The van der Waals surface area contributed by atoms with E-state index in [1.165, 1.54) is 5.57 Å². The third-order valence-electron chi connectivity index (χ3n) is 3.16. The van der Waals surface area contributed by atoms with Gasteiger partial charge in [0.05, 0.1) is 0 Å². The summed E-state index contributed by atoms with van der Waals surface area (Å²) in [7, 11) is 0. The number of Topliss-reactive ketones (excluding diaryl/α,β-unsaturated/α-hetero) is 1. The van der Waals surface area contributed by atoms with E-state index in [1.807, 2.05) is 20.8 Å². The molecule has 0 spiro atoms. The zero-order valence-corrected chi connectivity index (χ0v) is 9.40. The monoisotopic (exact) mass is 180 g/mol. The van der Waals surface area contributed by atoms with Gasteiger partial charge < -0.3 is 0 Å². The van der Waals surface area contributed by atoms with E-state index in [0.29, 0.717) is 5.78 Å². The molecule has 0 N–H and O–H groups in total. The minimum absolute atomic E-state index is 0.161. The number of ketones is 1. The average molecular weight is 180 g/mol. The topological polar surface area (TPSA) is 17.1 Å². The predicted octanol–water partition coefficient (Wildman–Crippen LogP) is 3.35. The van der Waals surface area contributed by atoms with Crippen molar-refractivity contribution in [1.29, 1.82) is 0 Å². The second-order valence-corrected chi connectivity index (χ2v) is 5.38. The number of rotatable bonds is 0. The lowest BCUT2D eigenvalue weighted by atomic mass is 9.63. The highest BCUT2D eigenvalue weighted by atomic mass is 16.1. The summed E-state index contributed by atoms with van der Waals surface area (Å²) in [5.74, 6) is 0.386. The summed E-state index contributed by atoms with van der Waals surface area (Å²) in [6, 6.07) is 0. The molecule has 0 amide bonds. The van der Waals surface area contributed by atoms with Crippen LogP contribution in [0.2, 0.25) is 0 Å². The molecule has 1 fully saturated rings. The van der Waals surface area contributed by atoms with Gasteiger partial charge in [-0.25, -0.2) is 0 Å². The van der Waals surface area contributed by atoms with Crippen LogP contribution < -0.4 is 0 Å². The second-order valence-electron chi connectivity index (χ2n) is 5.38. The Kier molecular flexibility index (Phi) is 2.40. The van der Waals surface area contributed by atoms with Crippen LogP contribution in [0.3, 0.4) is 0 Å². The molecule has 1 aliphatic carbocycles. The third kappa shape index (κ3) is 1.84. The lowest BCUT2D eigenvalue weighted by Gasteiger charge is -2.40. The van der Waals surface area contributed by atoms with Crippen LogP contribution in [-0.4, -0.2) is 5.78 Å². The van der Waals surface area contributed by atoms with E-state index in [2.05, 4.69) is 19.9 Å². The van der Waals surface area contributed by atoms with E-state index in [1.54, 1.807) is 0 Å². The van der Waals surface area contributed by atoms with Gasteiger partial charge in [-0.05, 0) is 32.6 Å². The maximum absolute atomic E-state index is 11.9. The zero-order chi connectivity index (χ0) is 10.3. The highest BCUT2D eigenvalue weighted by molar-refractivity contribution is 5.88. The summed E-state index contributed by atoms with van der Waals surface area (Å²) in [6.07, 6.45) is 3.89. The van der Waals surface area contributed by atoms with Gasteiger partial charge in [0.1, 0.15) is 5.78 Å². The Morgan fingerprint density at radius 2 is 1.69 bits per heavy atom. The van der Waals surface area contributed by atoms with E-state index >= 15 is 0 Å². The third-order valence-corrected chi connectivity index (χ3v) is 3.16. The van der Waals surface area contributed by atoms with Crippen LogP contribution in [-0.2, 0) is 4.79 Å². The Bertz CT molecular complexity index is 256. The van der Waals surface area contributed by atoms with Gasteiger partial charge in [-0.15, -0.1) is 0 Å². The molecule has 1 saturated carbocycles. The molecule has 0 radical (unpaired) electrons. The summed E-state index contributed by atoms with van der Waals surface area (Å²) in [5.41, 5.74) is 1.24. The highest BCUT2D eigenvalue weighted by Gasteiger charge is 2.41. The molecule has 74 valence electrons. The lowest BCUT2D eigenvalue weighted by molar-refractivity contribution is -0.129. The van der Waals surface area contributed by atoms with Crippen molar-refractivity contribution in [2.45, 2.75) is 47.5 Å². The number of allylic oxidation sites excluding steroid dienone is 2. The van der Waals surface area contributed by atoms with Crippen LogP contribution in [0.4, 0.5) is 0 Å². The minimum atomic E-state index is -0.218. The van der Waals surface area contributed by atoms with Crippen LogP contribution in [0.25, 0.3) is 0 Å². The summed E-state index contributed by atoms with van der Waals surface area (Å²) in [6.45, 7) is 10.5. The second kappa shape index (κ2) is 2.97. The fourth-order valence-corrected chi connectivity index (χ4v) is 2.10. The van der Waals surface area contributed by atoms with Gasteiger partial charge in [0.15, 0.2) is 0 Å². The van der Waals surface area contributed by atoms with Gasteiger partial charge >= 0.3 is 0 Å². The van der Waals surface area contributed by atoms with Crippen molar-refractivity contribution in [3.8, 4) is 0 Å². The number of carbonyl (C=O) groups is 1. The maximum Gasteiger partial charge on any atom is 0.143 e. The molecule has 1 rings (SSSR count). The van der Waals surface area contributed by atoms with Crippen molar-refractivity contribution < 1.29 is 4.79 Å². The van der Waals surface area contributed by atoms with Crippen molar-refractivity contribution in [3.05, 3.63) is 11.6 Å². The number of carbonyl (C=O) groups excluding carboxylic acids is 1. The fourth-order valence-electron chi connectivity index (χ4n) is 2.10. The molecule has 0 saturated heterocycles. The first-order valence-corrected chi connectivity index (χ1v) is 4.98. The van der Waals surface area contributed by atoms with Gasteiger partial charge in [-0.1, -0.05) is 25.5 Å². The van der Waals surface area contributed by atoms with E-state index < -0.39 is 0 Å². The summed E-state index contributed by atoms with van der Waals surface area (Å²) >= 11 is 0. The first kappa shape index (κ1) is 10.5. The predicted molar refractivity (Wildman–Crippen MR) is 55.6 cm³/mol. The molecule has 13 heavy (non-hydrogen) atoms. The Balaban J connectivity index is 3.03. The Labute approximate surface area is 81.2 Å². The van der Waals surface area contributed by atoms with Gasteiger partial charge in [-0.3, -0.25) is 4.79 Å². The first-order chi connectivity index (χ1) is 5.79. The average Bonchev–Trinajstić information content (AvgIpc) is 1.97. The molecule has 1 aliphatic rings. The minimum Gasteiger partial charge on any atom is -0.299 e. The summed E-state index contributed by atoms with van der Waals surface area (Å²) < 4.78 is 0. The van der Waals surface area contributed by atoms with Crippen molar-refractivity contribution in [3.63, 3.8) is 0 Å². The molecule has 0 atom stereocenters. The number of hydrogen-bond donors (Lipinski definition) is 0. The normalized spacial score (nSPS) is 29.3. The molecule has 0 bridgehead atoms. The van der Waals surface area contributed by atoms with Gasteiger partial charge in [0.2, 0.25) is 0 Å².